The van der Waals surface area contributed by atoms with E-state index >= 15 is 0 Å². The largest absolute Gasteiger partial charge is 0.103 e. The van der Waals surface area contributed by atoms with Crippen molar-refractivity contribution >= 4 is 0 Å². The molecule has 0 fully saturated rings. The summed E-state index contributed by atoms with van der Waals surface area (Å²) >= 11 is 0. The Kier molecular flexibility index (Phi) is 2.91. The molecule has 0 nitrogen and oxygen atoms in total. The minimum absolute atomic E-state index is 0.976. The van der Waals surface area contributed by atoms with Crippen LogP contribution in [0.2, 0.25) is 0 Å². The Morgan fingerprint density at radius 3 is 2.18 bits per heavy atom. The lowest BCUT2D eigenvalue weighted by Crippen LogP contribution is -1.82. The van der Waals surface area contributed by atoms with Crippen LogP contribution in [0.5, 0.6) is 0 Å². The zero-order valence-electron chi connectivity index (χ0n) is 7.01. The van der Waals surface area contributed by atoms with Gasteiger partial charge < -0.3 is 0 Å². The van der Waals surface area contributed by atoms with Crippen molar-refractivity contribution in [1.82, 2.24) is 0 Å². The van der Waals surface area contributed by atoms with Crippen LogP contribution in [0.15, 0.2) is 36.9 Å². The van der Waals surface area contributed by atoms with E-state index in [1.165, 1.54) is 11.1 Å². The molecule has 11 heavy (non-hydrogen) atoms. The van der Waals surface area contributed by atoms with Gasteiger partial charge in [0.2, 0.25) is 0 Å². The SMILES string of the molecule is C=CCc1ccc(CC)cc1. The lowest BCUT2D eigenvalue weighted by atomic mass is 10.1. The monoisotopic (exact) mass is 146 g/mol. The first-order valence-corrected chi connectivity index (χ1v) is 4.05. The van der Waals surface area contributed by atoms with Crippen LogP contribution in [0.3, 0.4) is 0 Å². The summed E-state index contributed by atoms with van der Waals surface area (Å²) in [6, 6.07) is 8.69. The lowest BCUT2D eigenvalue weighted by molar-refractivity contribution is 1.13. The molecule has 0 atom stereocenters. The van der Waals surface area contributed by atoms with Gasteiger partial charge in [0.15, 0.2) is 0 Å². The van der Waals surface area contributed by atoms with Crippen LogP contribution in [-0.4, -0.2) is 0 Å². The highest BCUT2D eigenvalue weighted by molar-refractivity contribution is 5.23. The van der Waals surface area contributed by atoms with E-state index in [2.05, 4.69) is 37.8 Å². The van der Waals surface area contributed by atoms with Gasteiger partial charge in [-0.2, -0.15) is 0 Å². The molecule has 0 aliphatic carbocycles. The van der Waals surface area contributed by atoms with E-state index in [0.717, 1.165) is 12.8 Å². The molecule has 0 aromatic heterocycles. The van der Waals surface area contributed by atoms with Crippen molar-refractivity contribution in [3.05, 3.63) is 48.0 Å². The lowest BCUT2D eigenvalue weighted by Gasteiger charge is -1.98. The predicted molar refractivity (Wildman–Crippen MR) is 49.7 cm³/mol. The first-order chi connectivity index (χ1) is 5.36. The molecule has 0 unspecified atom stereocenters. The highest BCUT2D eigenvalue weighted by Crippen LogP contribution is 2.05. The molecule has 1 rings (SSSR count). The van der Waals surface area contributed by atoms with Crippen LogP contribution >= 0.6 is 0 Å². The molecule has 0 bridgehead atoms. The second-order valence-corrected chi connectivity index (χ2v) is 2.66. The van der Waals surface area contributed by atoms with E-state index in [9.17, 15) is 0 Å². The highest BCUT2D eigenvalue weighted by Gasteiger charge is 1.89. The van der Waals surface area contributed by atoms with E-state index < -0.39 is 0 Å². The van der Waals surface area contributed by atoms with Crippen LogP contribution in [0.25, 0.3) is 0 Å². The minimum atomic E-state index is 0.976. The second-order valence-electron chi connectivity index (χ2n) is 2.66. The Morgan fingerprint density at radius 1 is 1.18 bits per heavy atom. The molecule has 0 heteroatoms. The molecule has 0 aliphatic rings. The standard InChI is InChI=1S/C11H14/c1-3-5-11-8-6-10(4-2)7-9-11/h3,6-9H,1,4-5H2,2H3. The highest BCUT2D eigenvalue weighted by atomic mass is 13.9. The summed E-state index contributed by atoms with van der Waals surface area (Å²) in [6.07, 6.45) is 4.03. The zero-order chi connectivity index (χ0) is 8.10. The quantitative estimate of drug-likeness (QED) is 0.575. The van der Waals surface area contributed by atoms with Crippen LogP contribution in [-0.2, 0) is 12.8 Å². The first-order valence-electron chi connectivity index (χ1n) is 4.05. The van der Waals surface area contributed by atoms with Crippen molar-refractivity contribution in [3.63, 3.8) is 0 Å². The average molecular weight is 146 g/mol. The molecule has 0 radical (unpaired) electrons. The van der Waals surface area contributed by atoms with Gasteiger partial charge in [-0.1, -0.05) is 37.3 Å². The van der Waals surface area contributed by atoms with Crippen molar-refractivity contribution in [1.29, 1.82) is 0 Å². The molecule has 1 aromatic carbocycles. The smallest absolute Gasteiger partial charge is 0.0100 e. The Morgan fingerprint density at radius 2 is 1.73 bits per heavy atom. The number of hydrogen-bond acceptors (Lipinski definition) is 0. The number of rotatable bonds is 3. The molecule has 0 heterocycles. The fourth-order valence-electron chi connectivity index (χ4n) is 1.08. The van der Waals surface area contributed by atoms with Crippen LogP contribution < -0.4 is 0 Å². The van der Waals surface area contributed by atoms with Crippen LogP contribution in [0.4, 0.5) is 0 Å². The Balaban J connectivity index is 2.74. The molecule has 0 saturated heterocycles. The van der Waals surface area contributed by atoms with E-state index in [-0.39, 0.29) is 0 Å². The van der Waals surface area contributed by atoms with Crippen LogP contribution in [0.1, 0.15) is 18.1 Å². The van der Waals surface area contributed by atoms with E-state index in [0.29, 0.717) is 0 Å². The molecular weight excluding hydrogens is 132 g/mol. The maximum Gasteiger partial charge on any atom is -0.0100 e. The summed E-state index contributed by atoms with van der Waals surface area (Å²) in [6.45, 7) is 5.87. The van der Waals surface area contributed by atoms with E-state index in [1.807, 2.05) is 6.08 Å². The van der Waals surface area contributed by atoms with Gasteiger partial charge in [-0.15, -0.1) is 6.58 Å². The summed E-state index contributed by atoms with van der Waals surface area (Å²) in [5.74, 6) is 0. The Bertz CT molecular complexity index is 218. The molecule has 58 valence electrons. The number of hydrogen-bond donors (Lipinski definition) is 0. The fraction of sp³-hybridized carbons (Fsp3) is 0.273. The van der Waals surface area contributed by atoms with Crippen molar-refractivity contribution in [2.75, 3.05) is 0 Å². The topological polar surface area (TPSA) is 0 Å². The van der Waals surface area contributed by atoms with Crippen molar-refractivity contribution in [3.8, 4) is 0 Å². The maximum atomic E-state index is 3.70. The van der Waals surface area contributed by atoms with Gasteiger partial charge in [0.25, 0.3) is 0 Å². The summed E-state index contributed by atoms with van der Waals surface area (Å²) in [5, 5.41) is 0. The Labute approximate surface area is 68.6 Å². The third-order valence-electron chi connectivity index (χ3n) is 1.81. The molecule has 0 N–H and O–H groups in total. The third kappa shape index (κ3) is 2.23. The summed E-state index contributed by atoms with van der Waals surface area (Å²) < 4.78 is 0. The van der Waals surface area contributed by atoms with E-state index in [4.69, 9.17) is 0 Å². The third-order valence-corrected chi connectivity index (χ3v) is 1.81. The van der Waals surface area contributed by atoms with E-state index in [1.54, 1.807) is 0 Å². The molecule has 0 saturated carbocycles. The first kappa shape index (κ1) is 8.06. The zero-order valence-corrected chi connectivity index (χ0v) is 7.01. The van der Waals surface area contributed by atoms with Gasteiger partial charge in [0, 0.05) is 0 Å². The Hall–Kier alpha value is -1.04. The number of benzene rings is 1. The van der Waals surface area contributed by atoms with Gasteiger partial charge in [-0.3, -0.25) is 0 Å². The average Bonchev–Trinajstić information content (AvgIpc) is 2.07. The van der Waals surface area contributed by atoms with Gasteiger partial charge in [-0.05, 0) is 24.0 Å². The fourth-order valence-corrected chi connectivity index (χ4v) is 1.08. The summed E-state index contributed by atoms with van der Waals surface area (Å²) in [4.78, 5) is 0. The van der Waals surface area contributed by atoms with Gasteiger partial charge in [-0.25, -0.2) is 0 Å². The molecule has 0 aliphatic heterocycles. The van der Waals surface area contributed by atoms with Crippen molar-refractivity contribution < 1.29 is 0 Å². The maximum absolute atomic E-state index is 3.70. The second kappa shape index (κ2) is 3.97. The minimum Gasteiger partial charge on any atom is -0.103 e. The van der Waals surface area contributed by atoms with Crippen LogP contribution in [0, 0.1) is 0 Å². The molecule has 0 spiro atoms. The summed E-state index contributed by atoms with van der Waals surface area (Å²) in [7, 11) is 0. The van der Waals surface area contributed by atoms with Gasteiger partial charge >= 0.3 is 0 Å². The van der Waals surface area contributed by atoms with Crippen molar-refractivity contribution in [2.45, 2.75) is 19.8 Å². The van der Waals surface area contributed by atoms with Gasteiger partial charge in [0.05, 0.1) is 0 Å². The van der Waals surface area contributed by atoms with Crippen molar-refractivity contribution in [2.24, 2.45) is 0 Å². The predicted octanol–water partition coefficient (Wildman–Crippen LogP) is 2.98. The molecular formula is C11H14. The molecule has 0 amide bonds. The summed E-state index contributed by atoms with van der Waals surface area (Å²) in [5.41, 5.74) is 2.75. The normalized spacial score (nSPS) is 9.55. The number of aryl methyl sites for hydroxylation is 1. The molecule has 1 aromatic rings. The number of allylic oxidation sites excluding steroid dienone is 1. The van der Waals surface area contributed by atoms with Gasteiger partial charge in [0.1, 0.15) is 0 Å².